The number of aromatic nitrogens is 2. The summed E-state index contributed by atoms with van der Waals surface area (Å²) in [7, 11) is 0. The lowest BCUT2D eigenvalue weighted by Gasteiger charge is -2.04. The molecule has 0 aliphatic carbocycles. The Kier molecular flexibility index (Phi) is 3.65. The topological polar surface area (TPSA) is 37.8 Å². The number of anilines is 1. The van der Waals surface area contributed by atoms with Gasteiger partial charge in [-0.15, -0.1) is 0 Å². The van der Waals surface area contributed by atoms with E-state index in [9.17, 15) is 22.0 Å². The van der Waals surface area contributed by atoms with Crippen LogP contribution in [-0.4, -0.2) is 9.36 Å². The lowest BCUT2D eigenvalue weighted by Crippen LogP contribution is -2.08. The van der Waals surface area contributed by atoms with Crippen molar-refractivity contribution < 1.29 is 22.0 Å². The second kappa shape index (κ2) is 5.08. The second-order valence-electron chi connectivity index (χ2n) is 3.51. The fourth-order valence-corrected chi connectivity index (χ4v) is 1.83. The van der Waals surface area contributed by atoms with Gasteiger partial charge < -0.3 is 5.32 Å². The molecule has 2 rings (SSSR count). The van der Waals surface area contributed by atoms with Crippen LogP contribution < -0.4 is 5.32 Å². The first-order chi connectivity index (χ1) is 8.86. The predicted octanol–water partition coefficient (Wildman–Crippen LogP) is 3.45. The van der Waals surface area contributed by atoms with Crippen LogP contribution in [0.5, 0.6) is 0 Å². The quantitative estimate of drug-likeness (QED) is 0.881. The molecular weight excluding hydrogens is 289 g/mol. The van der Waals surface area contributed by atoms with E-state index in [1.54, 1.807) is 0 Å². The molecule has 0 fully saturated rings. The highest BCUT2D eigenvalue weighted by Gasteiger charge is 2.36. The summed E-state index contributed by atoms with van der Waals surface area (Å²) in [4.78, 5) is 3.22. The lowest BCUT2D eigenvalue weighted by molar-refractivity contribution is -0.144. The fourth-order valence-electron chi connectivity index (χ4n) is 1.25. The molecular formula is C10H6F5N3S. The fraction of sp³-hybridized carbons (Fsp3) is 0.200. The van der Waals surface area contributed by atoms with E-state index in [0.717, 1.165) is 6.07 Å². The third-order valence-electron chi connectivity index (χ3n) is 2.12. The number of alkyl halides is 3. The van der Waals surface area contributed by atoms with Gasteiger partial charge in [0.2, 0.25) is 11.0 Å². The van der Waals surface area contributed by atoms with Gasteiger partial charge in [0.1, 0.15) is 11.6 Å². The molecule has 3 nitrogen and oxygen atoms in total. The van der Waals surface area contributed by atoms with E-state index in [2.05, 4.69) is 14.7 Å². The van der Waals surface area contributed by atoms with Crippen molar-refractivity contribution in [2.24, 2.45) is 0 Å². The molecule has 0 saturated carbocycles. The van der Waals surface area contributed by atoms with Crippen LogP contribution in [-0.2, 0) is 12.7 Å². The van der Waals surface area contributed by atoms with Crippen LogP contribution in [0.2, 0.25) is 0 Å². The Morgan fingerprint density at radius 3 is 2.53 bits per heavy atom. The van der Waals surface area contributed by atoms with Gasteiger partial charge in [0.25, 0.3) is 0 Å². The van der Waals surface area contributed by atoms with Crippen LogP contribution in [0.4, 0.5) is 27.1 Å². The van der Waals surface area contributed by atoms with E-state index in [1.165, 1.54) is 6.07 Å². The molecule has 0 amide bonds. The first-order valence-electron chi connectivity index (χ1n) is 4.95. The maximum Gasteiger partial charge on any atom is 0.452 e. The summed E-state index contributed by atoms with van der Waals surface area (Å²) in [5, 5.41) is 2.41. The average molecular weight is 295 g/mol. The lowest BCUT2D eigenvalue weighted by atomic mass is 10.2. The van der Waals surface area contributed by atoms with Crippen molar-refractivity contribution in [3.8, 4) is 0 Å². The van der Waals surface area contributed by atoms with Crippen LogP contribution >= 0.6 is 11.5 Å². The van der Waals surface area contributed by atoms with Gasteiger partial charge in [-0.2, -0.15) is 22.5 Å². The van der Waals surface area contributed by atoms with E-state index in [4.69, 9.17) is 0 Å². The van der Waals surface area contributed by atoms with E-state index in [0.29, 0.717) is 17.6 Å². The van der Waals surface area contributed by atoms with Gasteiger partial charge in [-0.05, 0) is 6.07 Å². The van der Waals surface area contributed by atoms with E-state index in [-0.39, 0.29) is 17.2 Å². The summed E-state index contributed by atoms with van der Waals surface area (Å²) in [6.07, 6.45) is -4.61. The molecule has 0 radical (unpaired) electrons. The zero-order valence-corrected chi connectivity index (χ0v) is 9.95. The van der Waals surface area contributed by atoms with E-state index < -0.39 is 23.6 Å². The SMILES string of the molecule is Fc1ccc(CNc2nc(C(F)(F)F)ns2)c(F)c1. The summed E-state index contributed by atoms with van der Waals surface area (Å²) in [6, 6.07) is 2.95. The molecule has 102 valence electrons. The van der Waals surface area contributed by atoms with Crippen LogP contribution in [0.1, 0.15) is 11.4 Å². The highest BCUT2D eigenvalue weighted by molar-refractivity contribution is 7.09. The molecule has 0 bridgehead atoms. The number of hydrogen-bond acceptors (Lipinski definition) is 4. The maximum absolute atomic E-state index is 13.3. The maximum atomic E-state index is 13.3. The molecule has 9 heteroatoms. The Morgan fingerprint density at radius 1 is 1.21 bits per heavy atom. The second-order valence-corrected chi connectivity index (χ2v) is 4.26. The average Bonchev–Trinajstić information content (AvgIpc) is 2.76. The highest BCUT2D eigenvalue weighted by atomic mass is 32.1. The van der Waals surface area contributed by atoms with Gasteiger partial charge in [0.15, 0.2) is 0 Å². The number of halogens is 5. The van der Waals surface area contributed by atoms with Gasteiger partial charge in [0.05, 0.1) is 0 Å². The van der Waals surface area contributed by atoms with Crippen LogP contribution in [0.25, 0.3) is 0 Å². The molecule has 19 heavy (non-hydrogen) atoms. The molecule has 1 aromatic carbocycles. The third kappa shape index (κ3) is 3.37. The minimum Gasteiger partial charge on any atom is -0.356 e. The van der Waals surface area contributed by atoms with Gasteiger partial charge in [-0.3, -0.25) is 0 Å². The Bertz CT molecular complexity index is 581. The Labute approximate surface area is 108 Å². The number of rotatable bonds is 3. The molecule has 0 atom stereocenters. The van der Waals surface area contributed by atoms with Gasteiger partial charge >= 0.3 is 6.18 Å². The molecule has 0 unspecified atom stereocenters. The summed E-state index contributed by atoms with van der Waals surface area (Å²) in [6.45, 7) is -0.112. The zero-order chi connectivity index (χ0) is 14.0. The molecule has 0 spiro atoms. The van der Waals surface area contributed by atoms with Crippen molar-refractivity contribution in [3.05, 3.63) is 41.2 Å². The van der Waals surface area contributed by atoms with Gasteiger partial charge in [-0.1, -0.05) is 6.07 Å². The summed E-state index contributed by atoms with van der Waals surface area (Å²) >= 11 is 0.516. The molecule has 1 heterocycles. The van der Waals surface area contributed by atoms with Crippen molar-refractivity contribution in [2.75, 3.05) is 5.32 Å². The standard InChI is InChI=1S/C10H6F5N3S/c11-6-2-1-5(7(12)3-6)4-16-9-17-8(18-19-9)10(13,14)15/h1-3H,4H2,(H,16,17,18). The molecule has 2 aromatic rings. The molecule has 0 saturated heterocycles. The summed E-state index contributed by atoms with van der Waals surface area (Å²) < 4.78 is 65.7. The minimum absolute atomic E-state index is 0.0870. The minimum atomic E-state index is -4.61. The number of nitrogens with zero attached hydrogens (tertiary/aromatic N) is 2. The third-order valence-corrected chi connectivity index (χ3v) is 2.80. The molecule has 0 aliphatic rings. The molecule has 1 aromatic heterocycles. The summed E-state index contributed by atoms with van der Waals surface area (Å²) in [5.41, 5.74) is 0.116. The Balaban J connectivity index is 2.04. The smallest absolute Gasteiger partial charge is 0.356 e. The van der Waals surface area contributed by atoms with E-state index in [1.807, 2.05) is 0 Å². The largest absolute Gasteiger partial charge is 0.452 e. The van der Waals surface area contributed by atoms with Crippen molar-refractivity contribution in [2.45, 2.75) is 12.7 Å². The van der Waals surface area contributed by atoms with Gasteiger partial charge in [-0.25, -0.2) is 8.78 Å². The van der Waals surface area contributed by atoms with Crippen molar-refractivity contribution in [3.63, 3.8) is 0 Å². The molecule has 0 aliphatic heterocycles. The molecule has 1 N–H and O–H groups in total. The number of nitrogens with one attached hydrogen (secondary N) is 1. The van der Waals surface area contributed by atoms with Crippen LogP contribution in [0.3, 0.4) is 0 Å². The van der Waals surface area contributed by atoms with Crippen LogP contribution in [0.15, 0.2) is 18.2 Å². The monoisotopic (exact) mass is 295 g/mol. The van der Waals surface area contributed by atoms with E-state index >= 15 is 0 Å². The normalized spacial score (nSPS) is 11.6. The summed E-state index contributed by atoms with van der Waals surface area (Å²) in [5.74, 6) is -2.76. The highest BCUT2D eigenvalue weighted by Crippen LogP contribution is 2.29. The Hall–Kier alpha value is -1.77. The first kappa shape index (κ1) is 13.7. The first-order valence-corrected chi connectivity index (χ1v) is 5.72. The van der Waals surface area contributed by atoms with Crippen molar-refractivity contribution in [1.29, 1.82) is 0 Å². The Morgan fingerprint density at radius 2 is 1.95 bits per heavy atom. The van der Waals surface area contributed by atoms with Gasteiger partial charge in [0, 0.05) is 29.7 Å². The predicted molar refractivity (Wildman–Crippen MR) is 58.6 cm³/mol. The number of hydrogen-bond donors (Lipinski definition) is 1. The van der Waals surface area contributed by atoms with Crippen molar-refractivity contribution in [1.82, 2.24) is 9.36 Å². The van der Waals surface area contributed by atoms with Crippen LogP contribution in [0, 0.1) is 11.6 Å². The number of benzene rings is 1. The van der Waals surface area contributed by atoms with Crippen molar-refractivity contribution >= 4 is 16.7 Å². The zero-order valence-electron chi connectivity index (χ0n) is 9.13.